The summed E-state index contributed by atoms with van der Waals surface area (Å²) in [7, 11) is 0. The number of benzene rings is 4. The molecule has 0 saturated heterocycles. The Bertz CT molecular complexity index is 2740. The third-order valence-corrected chi connectivity index (χ3v) is 9.69. The lowest BCUT2D eigenvalue weighted by molar-refractivity contribution is -0.132. The molecule has 0 N–H and O–H groups in total. The number of para-hydroxylation sites is 2. The van der Waals surface area contributed by atoms with Gasteiger partial charge in [0.25, 0.3) is 0 Å². The summed E-state index contributed by atoms with van der Waals surface area (Å²) >= 11 is 16.5. The number of rotatable bonds is 8. The highest BCUT2D eigenvalue weighted by Gasteiger charge is 2.26. The van der Waals surface area contributed by atoms with Gasteiger partial charge in [-0.05, 0) is 107 Å². The highest BCUT2D eigenvalue weighted by molar-refractivity contribution is 9.11. The predicted molar refractivity (Wildman–Crippen MR) is 212 cm³/mol. The molecule has 0 saturated carbocycles. The SMILES string of the molecule is [2H]c1c([2H])c([2H])c2c(C(=O)c3cc(Br)c(OC(C)=O)c(Br)c3)c(C(C)Br)oc2c1[2H].[2H]c1c([2H])c([2H])c2c(C(=O)c3cc(Br)c(OC(C)=O)c(Br)c3)c(CC)oc2c1[2H]. The molecule has 2 aromatic heterocycles. The first-order valence-electron chi connectivity index (χ1n) is 18.7. The second kappa shape index (κ2) is 16.5. The number of fused-ring (bicyclic) bond motifs is 2. The lowest BCUT2D eigenvalue weighted by Gasteiger charge is -2.10. The van der Waals surface area contributed by atoms with Gasteiger partial charge in [0.2, 0.25) is 0 Å². The highest BCUT2D eigenvalue weighted by atomic mass is 79.9. The zero-order valence-corrected chi connectivity index (χ0v) is 34.7. The summed E-state index contributed by atoms with van der Waals surface area (Å²) in [6, 6.07) is 2.78. The topological polar surface area (TPSA) is 113 Å². The zero-order valence-electron chi connectivity index (χ0n) is 34.7. The van der Waals surface area contributed by atoms with Gasteiger partial charge in [-0.3, -0.25) is 19.2 Å². The average molecular weight is 1020 g/mol. The van der Waals surface area contributed by atoms with Crippen LogP contribution >= 0.6 is 79.6 Å². The van der Waals surface area contributed by atoms with E-state index in [1.807, 2.05) is 0 Å². The molecule has 0 spiro atoms. The van der Waals surface area contributed by atoms with Crippen LogP contribution in [-0.4, -0.2) is 23.5 Å². The van der Waals surface area contributed by atoms with Gasteiger partial charge in [0.15, 0.2) is 23.1 Å². The van der Waals surface area contributed by atoms with Crippen LogP contribution in [0.15, 0.2) is 99.3 Å². The molecular formula is C38H27Br5O8. The Hall–Kier alpha value is -3.36. The first kappa shape index (κ1) is 29.1. The van der Waals surface area contributed by atoms with Gasteiger partial charge in [0.05, 0.1) is 44.8 Å². The van der Waals surface area contributed by atoms with Crippen LogP contribution in [0.25, 0.3) is 21.9 Å². The number of hydrogen-bond donors (Lipinski definition) is 0. The summed E-state index contributed by atoms with van der Waals surface area (Å²) in [6.07, 6.45) is 0.323. The van der Waals surface area contributed by atoms with Crippen LogP contribution in [0.3, 0.4) is 0 Å². The Balaban J connectivity index is 0.000000224. The van der Waals surface area contributed by atoms with Gasteiger partial charge >= 0.3 is 11.9 Å². The van der Waals surface area contributed by atoms with E-state index in [0.717, 1.165) is 0 Å². The number of carbonyl (C=O) groups excluding carboxylic acids is 4. The Labute approximate surface area is 346 Å². The Kier molecular flexibility index (Phi) is 9.45. The smallest absolute Gasteiger partial charge is 0.308 e. The molecule has 0 fully saturated rings. The number of carbonyl (C=O) groups is 4. The number of ether oxygens (including phenoxy) is 2. The van der Waals surface area contributed by atoms with Gasteiger partial charge < -0.3 is 18.3 Å². The van der Waals surface area contributed by atoms with Gasteiger partial charge in [-0.2, -0.15) is 0 Å². The third kappa shape index (κ3) is 8.49. The predicted octanol–water partition coefficient (Wildman–Crippen LogP) is 12.2. The van der Waals surface area contributed by atoms with Crippen LogP contribution in [0.2, 0.25) is 0 Å². The van der Waals surface area contributed by atoms with Crippen molar-refractivity contribution in [2.75, 3.05) is 0 Å². The van der Waals surface area contributed by atoms with Crippen molar-refractivity contribution in [2.24, 2.45) is 0 Å². The lowest BCUT2D eigenvalue weighted by Crippen LogP contribution is -2.07. The molecule has 6 rings (SSSR count). The molecule has 262 valence electrons. The van der Waals surface area contributed by atoms with Crippen molar-refractivity contribution in [2.45, 2.75) is 38.9 Å². The summed E-state index contributed by atoms with van der Waals surface area (Å²) in [4.78, 5) is 48.9. The molecule has 0 amide bonds. The first-order valence-corrected chi connectivity index (χ1v) is 18.7. The largest absolute Gasteiger partial charge is 0.460 e. The molecule has 2 heterocycles. The number of hydrogen-bond acceptors (Lipinski definition) is 8. The van der Waals surface area contributed by atoms with E-state index in [1.54, 1.807) is 13.8 Å². The number of halogens is 5. The highest BCUT2D eigenvalue weighted by Crippen LogP contribution is 2.40. The van der Waals surface area contributed by atoms with Crippen LogP contribution in [0.4, 0.5) is 0 Å². The van der Waals surface area contributed by atoms with Crippen molar-refractivity contribution in [1.29, 1.82) is 0 Å². The minimum absolute atomic E-state index is 0.0172. The zero-order chi connectivity index (χ0) is 44.1. The summed E-state index contributed by atoms with van der Waals surface area (Å²) in [5, 5.41) is 0.0674. The van der Waals surface area contributed by atoms with E-state index >= 15 is 0 Å². The van der Waals surface area contributed by atoms with Gasteiger partial charge in [-0.25, -0.2) is 0 Å². The maximum Gasteiger partial charge on any atom is 0.308 e. The van der Waals surface area contributed by atoms with Crippen molar-refractivity contribution in [3.05, 3.63) is 124 Å². The lowest BCUT2D eigenvalue weighted by atomic mass is 9.99. The Morgan fingerprint density at radius 3 is 1.49 bits per heavy atom. The standard InChI is InChI=1S/C19H13Br3O4.C19H14Br2O4/c1-9(20)18-16(12-5-3-4-6-15(12)26-18)17(24)11-7-13(21)19(14(22)8-11)25-10(2)23;1-3-15-17(12-6-4-5-7-16(12)25-15)18(23)11-8-13(20)19(14(21)9-11)24-10(2)22/h3-9H,1-2H3;4-9H,3H2,1-2H3/i3D,4D,5D,6D;4D,5D,6D,7D. The monoisotopic (exact) mass is 1010 g/mol. The Morgan fingerprint density at radius 1 is 0.686 bits per heavy atom. The normalized spacial score (nSPS) is 13.7. The number of aryl methyl sites for hydroxylation is 1. The molecule has 8 nitrogen and oxygen atoms in total. The van der Waals surface area contributed by atoms with Crippen LogP contribution in [0.5, 0.6) is 11.5 Å². The molecule has 1 atom stereocenters. The van der Waals surface area contributed by atoms with Crippen molar-refractivity contribution in [1.82, 2.24) is 0 Å². The summed E-state index contributed by atoms with van der Waals surface area (Å²) < 4.78 is 87.3. The maximum absolute atomic E-state index is 13.5. The molecule has 0 aliphatic rings. The van der Waals surface area contributed by atoms with Gasteiger partial charge in [0.1, 0.15) is 22.7 Å². The van der Waals surface area contributed by atoms with E-state index in [1.165, 1.54) is 38.1 Å². The van der Waals surface area contributed by atoms with Crippen LogP contribution < -0.4 is 9.47 Å². The first-order chi connectivity index (χ1) is 27.5. The van der Waals surface area contributed by atoms with Crippen LogP contribution in [0.1, 0.15) is 86.9 Å². The van der Waals surface area contributed by atoms with E-state index < -0.39 is 52.5 Å². The second-order valence-electron chi connectivity index (χ2n) is 10.5. The van der Waals surface area contributed by atoms with Crippen LogP contribution in [-0.2, 0) is 16.0 Å². The quantitative estimate of drug-likeness (QED) is 0.0641. The molecule has 6 aromatic rings. The average Bonchev–Trinajstić information content (AvgIpc) is 3.77. The fraction of sp³-hybridized carbons (Fsp3) is 0.158. The second-order valence-corrected chi connectivity index (χ2v) is 15.3. The van der Waals surface area contributed by atoms with Crippen molar-refractivity contribution >= 4 is 125 Å². The molecule has 0 radical (unpaired) electrons. The van der Waals surface area contributed by atoms with Crippen LogP contribution in [0, 0.1) is 0 Å². The van der Waals surface area contributed by atoms with E-state index in [-0.39, 0.29) is 91.4 Å². The third-order valence-electron chi connectivity index (χ3n) is 6.92. The number of alkyl halides is 1. The number of ketones is 2. The molecule has 0 aliphatic heterocycles. The van der Waals surface area contributed by atoms with E-state index in [9.17, 15) is 19.2 Å². The van der Waals surface area contributed by atoms with E-state index in [2.05, 4.69) is 79.6 Å². The molecule has 51 heavy (non-hydrogen) atoms. The van der Waals surface area contributed by atoms with E-state index in [0.29, 0.717) is 24.3 Å². The molecular weight excluding hydrogens is 984 g/mol. The maximum atomic E-state index is 13.5. The number of esters is 2. The van der Waals surface area contributed by atoms with Crippen molar-refractivity contribution < 1.29 is 48.5 Å². The Morgan fingerprint density at radius 2 is 1.08 bits per heavy atom. The van der Waals surface area contributed by atoms with Gasteiger partial charge in [0, 0.05) is 42.2 Å². The summed E-state index contributed by atoms with van der Waals surface area (Å²) in [6.45, 7) is 6.00. The molecule has 0 bridgehead atoms. The summed E-state index contributed by atoms with van der Waals surface area (Å²) in [5.74, 6) is -1.11. The fourth-order valence-electron chi connectivity index (χ4n) is 4.85. The van der Waals surface area contributed by atoms with Crippen molar-refractivity contribution in [3.63, 3.8) is 0 Å². The van der Waals surface area contributed by atoms with E-state index in [4.69, 9.17) is 29.3 Å². The minimum Gasteiger partial charge on any atom is -0.460 e. The molecule has 4 aromatic carbocycles. The summed E-state index contributed by atoms with van der Waals surface area (Å²) in [5.41, 5.74) is 0.429. The number of furan rings is 2. The molecule has 0 aliphatic carbocycles. The minimum atomic E-state index is -0.525. The van der Waals surface area contributed by atoms with Gasteiger partial charge in [-0.15, -0.1) is 0 Å². The van der Waals surface area contributed by atoms with Crippen molar-refractivity contribution in [3.8, 4) is 11.5 Å². The molecule has 13 heteroatoms. The fourth-order valence-corrected chi connectivity index (χ4v) is 7.87. The molecule has 1 unspecified atom stereocenters. The van der Waals surface area contributed by atoms with Gasteiger partial charge in [-0.1, -0.05) is 59.1 Å².